The number of hydrogen-bond donors (Lipinski definition) is 0. The van der Waals surface area contributed by atoms with Gasteiger partial charge in [-0.3, -0.25) is 4.98 Å². The van der Waals surface area contributed by atoms with Crippen LogP contribution in [0.1, 0.15) is 0 Å². The highest BCUT2D eigenvalue weighted by molar-refractivity contribution is 5.51. The quantitative estimate of drug-likeness (QED) is 0.797. The van der Waals surface area contributed by atoms with Crippen molar-refractivity contribution in [3.05, 3.63) is 36.8 Å². The van der Waals surface area contributed by atoms with Crippen LogP contribution in [0.4, 0.5) is 0 Å². The zero-order valence-electron chi connectivity index (χ0n) is 10.6. The van der Waals surface area contributed by atoms with E-state index in [2.05, 4.69) is 19.9 Å². The maximum absolute atomic E-state index is 5.47. The van der Waals surface area contributed by atoms with E-state index in [4.69, 9.17) is 4.74 Å². The molecular formula is C13H16N4O. The molecule has 0 aliphatic heterocycles. The minimum absolute atomic E-state index is 0.538. The predicted octanol–water partition coefficient (Wildman–Crippen LogP) is 1.48. The van der Waals surface area contributed by atoms with Gasteiger partial charge in [0.2, 0.25) is 5.88 Å². The molecule has 2 rings (SSSR count). The molecule has 0 saturated heterocycles. The molecule has 0 N–H and O–H groups in total. The lowest BCUT2D eigenvalue weighted by atomic mass is 10.3. The molecule has 5 heteroatoms. The third-order valence-electron chi connectivity index (χ3n) is 2.34. The molecule has 0 aliphatic rings. The molecule has 2 heterocycles. The molecule has 0 unspecified atom stereocenters. The highest BCUT2D eigenvalue weighted by Gasteiger charge is 2.02. The molecular weight excluding hydrogens is 228 g/mol. The molecule has 0 spiro atoms. The number of hydrogen-bond acceptors (Lipinski definition) is 5. The van der Waals surface area contributed by atoms with Gasteiger partial charge in [-0.25, -0.2) is 9.97 Å². The highest BCUT2D eigenvalue weighted by Crippen LogP contribution is 2.13. The van der Waals surface area contributed by atoms with Crippen LogP contribution in [0.3, 0.4) is 0 Å². The zero-order chi connectivity index (χ0) is 12.8. The smallest absolute Gasteiger partial charge is 0.232 e. The minimum Gasteiger partial charge on any atom is -0.475 e. The van der Waals surface area contributed by atoms with Crippen LogP contribution in [-0.2, 0) is 0 Å². The number of likely N-dealkylation sites (N-methyl/N-ethyl adjacent to an activating group) is 1. The van der Waals surface area contributed by atoms with Crippen LogP contribution in [0.2, 0.25) is 0 Å². The molecule has 0 aromatic carbocycles. The van der Waals surface area contributed by atoms with Crippen LogP contribution < -0.4 is 4.74 Å². The summed E-state index contributed by atoms with van der Waals surface area (Å²) < 4.78 is 5.47. The van der Waals surface area contributed by atoms with Crippen LogP contribution in [0.5, 0.6) is 5.88 Å². The lowest BCUT2D eigenvalue weighted by Gasteiger charge is -2.10. The molecule has 0 aliphatic carbocycles. The Morgan fingerprint density at radius 1 is 1.06 bits per heavy atom. The molecule has 0 fully saturated rings. The highest BCUT2D eigenvalue weighted by atomic mass is 16.5. The number of nitrogens with zero attached hydrogens (tertiary/aromatic N) is 4. The van der Waals surface area contributed by atoms with Gasteiger partial charge in [-0.05, 0) is 26.2 Å². The standard InChI is InChI=1S/C13H16N4O/c1-17(2)7-8-18-13-10-15-12(9-16-13)11-5-3-4-6-14-11/h3-6,9-10H,7-8H2,1-2H3. The van der Waals surface area contributed by atoms with E-state index in [0.717, 1.165) is 17.9 Å². The first kappa shape index (κ1) is 12.4. The van der Waals surface area contributed by atoms with Crippen molar-refractivity contribution in [1.82, 2.24) is 19.9 Å². The summed E-state index contributed by atoms with van der Waals surface area (Å²) >= 11 is 0. The van der Waals surface area contributed by atoms with E-state index in [1.54, 1.807) is 18.6 Å². The molecule has 0 saturated carbocycles. The van der Waals surface area contributed by atoms with Gasteiger partial charge < -0.3 is 9.64 Å². The number of pyridine rings is 1. The van der Waals surface area contributed by atoms with Crippen LogP contribution in [-0.4, -0.2) is 47.1 Å². The first-order valence-corrected chi connectivity index (χ1v) is 5.76. The molecule has 18 heavy (non-hydrogen) atoms. The predicted molar refractivity (Wildman–Crippen MR) is 69.3 cm³/mol. The average Bonchev–Trinajstić information content (AvgIpc) is 2.40. The van der Waals surface area contributed by atoms with Crippen molar-refractivity contribution >= 4 is 0 Å². The molecule has 94 valence electrons. The molecule has 5 nitrogen and oxygen atoms in total. The van der Waals surface area contributed by atoms with E-state index in [9.17, 15) is 0 Å². The Kier molecular flexibility index (Phi) is 4.20. The third-order valence-corrected chi connectivity index (χ3v) is 2.34. The van der Waals surface area contributed by atoms with Gasteiger partial charge in [-0.15, -0.1) is 0 Å². The first-order chi connectivity index (χ1) is 8.75. The van der Waals surface area contributed by atoms with Crippen molar-refractivity contribution in [3.8, 4) is 17.3 Å². The zero-order valence-corrected chi connectivity index (χ0v) is 10.6. The van der Waals surface area contributed by atoms with Gasteiger partial charge in [-0.2, -0.15) is 0 Å². The molecule has 2 aromatic rings. The second-order valence-corrected chi connectivity index (χ2v) is 4.11. The normalized spacial score (nSPS) is 10.6. The second-order valence-electron chi connectivity index (χ2n) is 4.11. The van der Waals surface area contributed by atoms with Crippen LogP contribution in [0.25, 0.3) is 11.4 Å². The van der Waals surface area contributed by atoms with Crippen LogP contribution in [0.15, 0.2) is 36.8 Å². The third kappa shape index (κ3) is 3.49. The van der Waals surface area contributed by atoms with Crippen molar-refractivity contribution in [2.75, 3.05) is 27.2 Å². The average molecular weight is 244 g/mol. The summed E-state index contributed by atoms with van der Waals surface area (Å²) in [4.78, 5) is 14.8. The van der Waals surface area contributed by atoms with Crippen molar-refractivity contribution in [1.29, 1.82) is 0 Å². The fourth-order valence-corrected chi connectivity index (χ4v) is 1.37. The summed E-state index contributed by atoms with van der Waals surface area (Å²) in [6.07, 6.45) is 5.03. The summed E-state index contributed by atoms with van der Waals surface area (Å²) in [6.45, 7) is 1.45. The minimum atomic E-state index is 0.538. The Balaban J connectivity index is 1.98. The Labute approximate surface area is 106 Å². The Morgan fingerprint density at radius 2 is 1.94 bits per heavy atom. The summed E-state index contributed by atoms with van der Waals surface area (Å²) in [5.41, 5.74) is 1.56. The lowest BCUT2D eigenvalue weighted by Crippen LogP contribution is -2.19. The summed E-state index contributed by atoms with van der Waals surface area (Å²) in [7, 11) is 4.00. The summed E-state index contributed by atoms with van der Waals surface area (Å²) in [5.74, 6) is 0.538. The Bertz CT molecular complexity index is 470. The number of rotatable bonds is 5. The first-order valence-electron chi connectivity index (χ1n) is 5.76. The number of ether oxygens (including phenoxy) is 1. The van der Waals surface area contributed by atoms with Gasteiger partial charge >= 0.3 is 0 Å². The van der Waals surface area contributed by atoms with Crippen molar-refractivity contribution in [2.45, 2.75) is 0 Å². The van der Waals surface area contributed by atoms with Gasteiger partial charge in [0.15, 0.2) is 0 Å². The lowest BCUT2D eigenvalue weighted by molar-refractivity contribution is 0.253. The van der Waals surface area contributed by atoms with Gasteiger partial charge in [0.25, 0.3) is 0 Å². The van der Waals surface area contributed by atoms with Gasteiger partial charge in [0, 0.05) is 12.7 Å². The van der Waals surface area contributed by atoms with Gasteiger partial charge in [0.05, 0.1) is 18.1 Å². The summed E-state index contributed by atoms with van der Waals surface area (Å²) in [5, 5.41) is 0. The molecule has 0 atom stereocenters. The fraction of sp³-hybridized carbons (Fsp3) is 0.308. The van der Waals surface area contributed by atoms with Crippen molar-refractivity contribution in [3.63, 3.8) is 0 Å². The van der Waals surface area contributed by atoms with E-state index >= 15 is 0 Å². The van der Waals surface area contributed by atoms with Crippen LogP contribution >= 0.6 is 0 Å². The summed E-state index contributed by atoms with van der Waals surface area (Å²) in [6, 6.07) is 5.69. The topological polar surface area (TPSA) is 51.1 Å². The van der Waals surface area contributed by atoms with Gasteiger partial charge in [0.1, 0.15) is 12.3 Å². The Morgan fingerprint density at radius 3 is 2.56 bits per heavy atom. The van der Waals surface area contributed by atoms with E-state index < -0.39 is 0 Å². The molecule has 2 aromatic heterocycles. The maximum Gasteiger partial charge on any atom is 0.232 e. The van der Waals surface area contributed by atoms with E-state index in [1.807, 2.05) is 32.3 Å². The molecule has 0 bridgehead atoms. The van der Waals surface area contributed by atoms with Crippen molar-refractivity contribution < 1.29 is 4.74 Å². The van der Waals surface area contributed by atoms with E-state index in [-0.39, 0.29) is 0 Å². The monoisotopic (exact) mass is 244 g/mol. The van der Waals surface area contributed by atoms with E-state index in [1.165, 1.54) is 0 Å². The maximum atomic E-state index is 5.47. The molecule has 0 radical (unpaired) electrons. The SMILES string of the molecule is CN(C)CCOc1cnc(-c2ccccn2)cn1. The number of aromatic nitrogens is 3. The van der Waals surface area contributed by atoms with Crippen molar-refractivity contribution in [2.24, 2.45) is 0 Å². The second kappa shape index (κ2) is 6.07. The van der Waals surface area contributed by atoms with E-state index in [0.29, 0.717) is 12.5 Å². The fourth-order valence-electron chi connectivity index (χ4n) is 1.37. The van der Waals surface area contributed by atoms with Crippen LogP contribution in [0, 0.1) is 0 Å². The van der Waals surface area contributed by atoms with Gasteiger partial charge in [-0.1, -0.05) is 6.07 Å². The largest absolute Gasteiger partial charge is 0.475 e. The Hall–Kier alpha value is -2.01. The molecule has 0 amide bonds.